The Labute approximate surface area is 550 Å². The van der Waals surface area contributed by atoms with Crippen molar-refractivity contribution in [3.63, 3.8) is 0 Å². The smallest absolute Gasteiger partial charge is 0.417 e. The van der Waals surface area contributed by atoms with Crippen molar-refractivity contribution in [3.8, 4) is 0 Å². The number of hydrogen-bond donors (Lipinski definition) is 0. The number of carbonyl (C=O) groups excluding carboxylic acids is 4. The number of hydrogen-bond acceptors (Lipinski definition) is 8. The minimum Gasteiger partial charge on any atom is -0.457 e. The SMILES string of the molecule is CCCCCCCCCCCCCCCCCCCCOC(=O)C(=O)OCCCCCCCCCCCCCCCCCCCC.CCCCCCCCCCCCCCCCCCOC(=O)C(=O)OCCCCCCCCCCCCCCCCCC. The summed E-state index contributed by atoms with van der Waals surface area (Å²) in [5.74, 6) is -3.30. The zero-order valence-corrected chi connectivity index (χ0v) is 60.2. The van der Waals surface area contributed by atoms with Crippen LogP contribution in [0.15, 0.2) is 0 Å². The van der Waals surface area contributed by atoms with E-state index in [0.29, 0.717) is 26.4 Å². The monoisotopic (exact) mass is 1250 g/mol. The summed E-state index contributed by atoms with van der Waals surface area (Å²) >= 11 is 0. The van der Waals surface area contributed by atoms with Crippen LogP contribution in [-0.4, -0.2) is 50.3 Å². The second-order valence-corrected chi connectivity index (χ2v) is 27.2. The third-order valence-corrected chi connectivity index (χ3v) is 18.3. The molecule has 0 aromatic rings. The van der Waals surface area contributed by atoms with Gasteiger partial charge in [-0.1, -0.05) is 439 Å². The molecule has 0 aromatic heterocycles. The molecular weight excluding hydrogens is 1090 g/mol. The summed E-state index contributed by atoms with van der Waals surface area (Å²) in [5.41, 5.74) is 0. The molecule has 0 aromatic carbocycles. The second kappa shape index (κ2) is 81.0. The Balaban J connectivity index is 0. The normalized spacial score (nSPS) is 11.2. The van der Waals surface area contributed by atoms with Gasteiger partial charge in [0.05, 0.1) is 26.4 Å². The molecule has 0 N–H and O–H groups in total. The first kappa shape index (κ1) is 87.9. The maximum Gasteiger partial charge on any atom is 0.417 e. The molecule has 0 spiro atoms. The fraction of sp³-hybridized carbons (Fsp3) is 0.950. The molecule has 0 heterocycles. The highest BCUT2D eigenvalue weighted by atomic mass is 16.6. The number of rotatable bonds is 72. The van der Waals surface area contributed by atoms with Crippen LogP contribution in [0.5, 0.6) is 0 Å². The van der Waals surface area contributed by atoms with Gasteiger partial charge in [-0.3, -0.25) is 0 Å². The number of unbranched alkanes of at least 4 members (excludes halogenated alkanes) is 64. The highest BCUT2D eigenvalue weighted by molar-refractivity contribution is 6.30. The Kier molecular flexibility index (Phi) is 80.9. The molecule has 0 aliphatic carbocycles. The van der Waals surface area contributed by atoms with E-state index in [0.717, 1.165) is 51.4 Å². The summed E-state index contributed by atoms with van der Waals surface area (Å²) in [4.78, 5) is 47.3. The molecule has 8 heteroatoms. The molecule has 0 amide bonds. The second-order valence-electron chi connectivity index (χ2n) is 27.2. The van der Waals surface area contributed by atoms with E-state index in [1.165, 1.54) is 385 Å². The van der Waals surface area contributed by atoms with Crippen LogP contribution < -0.4 is 0 Å². The van der Waals surface area contributed by atoms with Gasteiger partial charge in [-0.2, -0.15) is 0 Å². The highest BCUT2D eigenvalue weighted by Gasteiger charge is 2.18. The average molecular weight is 1250 g/mol. The van der Waals surface area contributed by atoms with Crippen LogP contribution in [0.2, 0.25) is 0 Å². The van der Waals surface area contributed by atoms with E-state index in [1.807, 2.05) is 0 Å². The molecule has 0 rings (SSSR count). The third-order valence-electron chi connectivity index (χ3n) is 18.3. The van der Waals surface area contributed by atoms with Gasteiger partial charge in [-0.15, -0.1) is 0 Å². The zero-order valence-electron chi connectivity index (χ0n) is 60.2. The van der Waals surface area contributed by atoms with Gasteiger partial charge >= 0.3 is 23.9 Å². The molecule has 0 saturated carbocycles. The van der Waals surface area contributed by atoms with E-state index in [1.54, 1.807) is 0 Å². The van der Waals surface area contributed by atoms with Gasteiger partial charge in [-0.05, 0) is 25.7 Å². The first-order valence-corrected chi connectivity index (χ1v) is 40.1. The minimum atomic E-state index is -0.826. The first-order valence-electron chi connectivity index (χ1n) is 40.1. The molecule has 0 atom stereocenters. The van der Waals surface area contributed by atoms with Crippen LogP contribution in [0.25, 0.3) is 0 Å². The Hall–Kier alpha value is -2.12. The third kappa shape index (κ3) is 78.1. The van der Waals surface area contributed by atoms with Crippen LogP contribution >= 0.6 is 0 Å². The van der Waals surface area contributed by atoms with Crippen molar-refractivity contribution >= 4 is 23.9 Å². The Morgan fingerprint density at radius 1 is 0.136 bits per heavy atom. The van der Waals surface area contributed by atoms with Crippen molar-refractivity contribution < 1.29 is 38.1 Å². The maximum absolute atomic E-state index is 11.9. The van der Waals surface area contributed by atoms with Crippen molar-refractivity contribution in [3.05, 3.63) is 0 Å². The molecule has 88 heavy (non-hydrogen) atoms. The van der Waals surface area contributed by atoms with Crippen molar-refractivity contribution in [2.45, 2.75) is 464 Å². The number of esters is 4. The molecule has 524 valence electrons. The number of ether oxygens (including phenoxy) is 4. The Morgan fingerprint density at radius 2 is 0.216 bits per heavy atom. The Bertz CT molecular complexity index is 1250. The van der Waals surface area contributed by atoms with E-state index < -0.39 is 23.9 Å². The largest absolute Gasteiger partial charge is 0.457 e. The topological polar surface area (TPSA) is 105 Å². The molecule has 0 unspecified atom stereocenters. The summed E-state index contributed by atoms with van der Waals surface area (Å²) in [6, 6.07) is 0. The van der Waals surface area contributed by atoms with Gasteiger partial charge < -0.3 is 18.9 Å². The molecule has 8 nitrogen and oxygen atoms in total. The van der Waals surface area contributed by atoms with Crippen molar-refractivity contribution in [1.29, 1.82) is 0 Å². The lowest BCUT2D eigenvalue weighted by atomic mass is 10.0. The van der Waals surface area contributed by atoms with Gasteiger partial charge in [0, 0.05) is 0 Å². The summed E-state index contributed by atoms with van der Waals surface area (Å²) < 4.78 is 20.4. The molecule has 0 aliphatic rings. The first-order chi connectivity index (χ1) is 43.4. The average Bonchev–Trinajstić information content (AvgIpc) is 3.54. The predicted octanol–water partition coefficient (Wildman–Crippen LogP) is 26.8. The molecule has 0 saturated heterocycles. The standard InChI is InChI=1S/C42H82O4.C38H74O4/c1-3-5-7-9-11-13-15-17-19-21-23-25-27-29-31-33-35-37-39-45-41(43)42(44)46-40-38-36-34-32-30-28-26-24-22-20-18-16-14-12-10-8-6-4-2;1-3-5-7-9-11-13-15-17-19-21-23-25-27-29-31-33-35-41-37(39)38(40)42-36-34-32-30-28-26-24-22-20-18-16-14-12-10-8-6-4-2/h3-40H2,1-2H3;3-36H2,1-2H3. The summed E-state index contributed by atoms with van der Waals surface area (Å²) in [6.07, 6.45) is 89.8. The molecule has 0 fully saturated rings. The fourth-order valence-corrected chi connectivity index (χ4v) is 12.2. The summed E-state index contributed by atoms with van der Waals surface area (Å²) in [5, 5.41) is 0. The minimum absolute atomic E-state index is 0.325. The van der Waals surface area contributed by atoms with Crippen LogP contribution in [0, 0.1) is 0 Å². The van der Waals surface area contributed by atoms with Gasteiger partial charge in [0.15, 0.2) is 0 Å². The van der Waals surface area contributed by atoms with Gasteiger partial charge in [0.2, 0.25) is 0 Å². The Morgan fingerprint density at radius 3 is 0.307 bits per heavy atom. The molecule has 0 bridgehead atoms. The highest BCUT2D eigenvalue weighted by Crippen LogP contribution is 2.19. The van der Waals surface area contributed by atoms with Crippen LogP contribution in [0.4, 0.5) is 0 Å². The van der Waals surface area contributed by atoms with E-state index in [-0.39, 0.29) is 0 Å². The number of carbonyl (C=O) groups is 4. The molecular formula is C80H156O8. The van der Waals surface area contributed by atoms with E-state index in [2.05, 4.69) is 27.7 Å². The summed E-state index contributed by atoms with van der Waals surface area (Å²) in [6.45, 7) is 10.4. The fourth-order valence-electron chi connectivity index (χ4n) is 12.2. The van der Waals surface area contributed by atoms with Crippen LogP contribution in [0.3, 0.4) is 0 Å². The lowest BCUT2D eigenvalue weighted by molar-refractivity contribution is -0.167. The maximum atomic E-state index is 11.9. The van der Waals surface area contributed by atoms with Crippen LogP contribution in [0.1, 0.15) is 464 Å². The van der Waals surface area contributed by atoms with E-state index in [9.17, 15) is 19.2 Å². The quantitative estimate of drug-likeness (QED) is 0.0257. The van der Waals surface area contributed by atoms with Gasteiger partial charge in [-0.25, -0.2) is 19.2 Å². The van der Waals surface area contributed by atoms with E-state index in [4.69, 9.17) is 18.9 Å². The van der Waals surface area contributed by atoms with Crippen molar-refractivity contribution in [2.24, 2.45) is 0 Å². The molecule has 0 radical (unpaired) electrons. The lowest BCUT2D eigenvalue weighted by Crippen LogP contribution is -2.21. The van der Waals surface area contributed by atoms with Crippen LogP contribution in [-0.2, 0) is 38.1 Å². The summed E-state index contributed by atoms with van der Waals surface area (Å²) in [7, 11) is 0. The van der Waals surface area contributed by atoms with Gasteiger partial charge in [0.25, 0.3) is 0 Å². The zero-order chi connectivity index (χ0) is 64.0. The predicted molar refractivity (Wildman–Crippen MR) is 380 cm³/mol. The van der Waals surface area contributed by atoms with Crippen molar-refractivity contribution in [1.82, 2.24) is 0 Å². The lowest BCUT2D eigenvalue weighted by Gasteiger charge is -2.06. The van der Waals surface area contributed by atoms with Gasteiger partial charge in [0.1, 0.15) is 0 Å². The van der Waals surface area contributed by atoms with E-state index >= 15 is 0 Å². The molecule has 0 aliphatic heterocycles. The van der Waals surface area contributed by atoms with Crippen molar-refractivity contribution in [2.75, 3.05) is 26.4 Å².